The molecule has 0 saturated heterocycles. The first-order valence-electron chi connectivity index (χ1n) is 9.59. The molecule has 6 heteroatoms. The molecule has 0 radical (unpaired) electrons. The molecule has 0 atom stereocenters. The average molecular weight is 393 g/mol. The Morgan fingerprint density at radius 2 is 1.78 bits per heavy atom. The lowest BCUT2D eigenvalue weighted by molar-refractivity contribution is 0.0922. The third-order valence-electron chi connectivity index (χ3n) is 4.79. The summed E-state index contributed by atoms with van der Waals surface area (Å²) < 4.78 is 11.1. The summed E-state index contributed by atoms with van der Waals surface area (Å²) in [6.07, 6.45) is 9.33. The second-order valence-corrected chi connectivity index (χ2v) is 6.78. The van der Waals surface area contributed by atoms with E-state index in [9.17, 15) is 4.79 Å². The van der Waals surface area contributed by atoms with E-state index < -0.39 is 0 Å². The van der Waals surface area contributed by atoms with Crippen LogP contribution in [0, 0.1) is 0 Å². The van der Waals surface area contributed by atoms with Crippen molar-refractivity contribution in [3.63, 3.8) is 0 Å². The Morgan fingerprint density at radius 3 is 2.52 bits per heavy atom. The van der Waals surface area contributed by atoms with Gasteiger partial charge in [-0.25, -0.2) is 0 Å². The smallest absolute Gasteiger partial charge is 0.287 e. The highest BCUT2D eigenvalue weighted by atomic mass is 35.5. The van der Waals surface area contributed by atoms with E-state index in [-0.39, 0.29) is 18.3 Å². The maximum absolute atomic E-state index is 12.4. The first kappa shape index (κ1) is 21.3. The number of hydrogen-bond acceptors (Lipinski definition) is 4. The Morgan fingerprint density at radius 1 is 1.04 bits per heavy atom. The fourth-order valence-electron chi connectivity index (χ4n) is 3.34. The third-order valence-corrected chi connectivity index (χ3v) is 4.79. The number of rotatable bonds is 8. The summed E-state index contributed by atoms with van der Waals surface area (Å²) in [5.74, 6) is 0.910. The van der Waals surface area contributed by atoms with E-state index >= 15 is 0 Å². The number of ether oxygens (including phenoxy) is 1. The first-order chi connectivity index (χ1) is 12.8. The largest absolute Gasteiger partial charge is 0.489 e. The number of carbonyl (C=O) groups excluding carboxylic acids is 1. The molecule has 1 aromatic heterocycles. The van der Waals surface area contributed by atoms with Crippen molar-refractivity contribution in [1.82, 2.24) is 10.6 Å². The number of nitrogens with one attached hydrogen (secondary N) is 2. The van der Waals surface area contributed by atoms with Crippen molar-refractivity contribution >= 4 is 18.3 Å². The van der Waals surface area contributed by atoms with Gasteiger partial charge in [-0.3, -0.25) is 4.79 Å². The number of para-hydroxylation sites is 1. The molecule has 5 nitrogen and oxygen atoms in total. The fraction of sp³-hybridized carbons (Fsp3) is 0.476. The lowest BCUT2D eigenvalue weighted by Gasteiger charge is -2.16. The quantitative estimate of drug-likeness (QED) is 0.518. The molecule has 148 valence electrons. The minimum absolute atomic E-state index is 0. The van der Waals surface area contributed by atoms with E-state index in [4.69, 9.17) is 9.15 Å². The van der Waals surface area contributed by atoms with Crippen LogP contribution in [0.2, 0.25) is 0 Å². The molecule has 2 N–H and O–H groups in total. The van der Waals surface area contributed by atoms with Crippen LogP contribution in [0.4, 0.5) is 0 Å². The Hall–Kier alpha value is -1.98. The van der Waals surface area contributed by atoms with Gasteiger partial charge in [0.05, 0.1) is 6.26 Å². The van der Waals surface area contributed by atoms with Crippen LogP contribution in [0.5, 0.6) is 5.75 Å². The Kier molecular flexibility index (Phi) is 9.22. The standard InChI is InChI=1S/C21H28N2O3.ClH/c24-21(23-14-13-22-18-8-4-1-2-5-9-18)20-17(12-15-25-20)16-26-19-10-6-3-7-11-19;/h3,6-7,10-12,15,18,22H,1-2,4-5,8-9,13-14,16H2,(H,23,24);1H. The van der Waals surface area contributed by atoms with E-state index in [0.717, 1.165) is 17.9 Å². The molecule has 0 aliphatic heterocycles. The molecule has 1 aliphatic rings. The van der Waals surface area contributed by atoms with E-state index in [2.05, 4.69) is 10.6 Å². The van der Waals surface area contributed by atoms with Gasteiger partial charge in [-0.1, -0.05) is 43.9 Å². The normalized spacial score (nSPS) is 14.8. The highest BCUT2D eigenvalue weighted by molar-refractivity contribution is 5.92. The zero-order valence-electron chi connectivity index (χ0n) is 15.6. The molecule has 1 heterocycles. The number of halogens is 1. The Labute approximate surface area is 167 Å². The molecule has 1 fully saturated rings. The Balaban J connectivity index is 0.00000261. The van der Waals surface area contributed by atoms with Crippen LogP contribution in [0.1, 0.15) is 54.6 Å². The minimum Gasteiger partial charge on any atom is -0.489 e. The summed E-state index contributed by atoms with van der Waals surface area (Å²) >= 11 is 0. The number of hydrogen-bond donors (Lipinski definition) is 2. The lowest BCUT2D eigenvalue weighted by atomic mass is 10.1. The molecule has 3 rings (SSSR count). The van der Waals surface area contributed by atoms with E-state index in [1.54, 1.807) is 6.07 Å². The van der Waals surface area contributed by atoms with Gasteiger partial charge in [-0.05, 0) is 31.0 Å². The monoisotopic (exact) mass is 392 g/mol. The lowest BCUT2D eigenvalue weighted by Crippen LogP contribution is -2.37. The van der Waals surface area contributed by atoms with Gasteiger partial charge in [-0.15, -0.1) is 12.4 Å². The summed E-state index contributed by atoms with van der Waals surface area (Å²) in [4.78, 5) is 12.4. The van der Waals surface area contributed by atoms with Gasteiger partial charge in [0.25, 0.3) is 5.91 Å². The van der Waals surface area contributed by atoms with Crippen molar-refractivity contribution in [3.05, 3.63) is 54.0 Å². The van der Waals surface area contributed by atoms with Crippen molar-refractivity contribution in [2.24, 2.45) is 0 Å². The Bertz CT molecular complexity index is 667. The zero-order chi connectivity index (χ0) is 18.0. The van der Waals surface area contributed by atoms with Crippen molar-refractivity contribution in [3.8, 4) is 5.75 Å². The van der Waals surface area contributed by atoms with Crippen molar-refractivity contribution in [2.75, 3.05) is 13.1 Å². The maximum Gasteiger partial charge on any atom is 0.287 e. The van der Waals surface area contributed by atoms with Crippen molar-refractivity contribution < 1.29 is 13.9 Å². The predicted molar refractivity (Wildman–Crippen MR) is 109 cm³/mol. The molecule has 27 heavy (non-hydrogen) atoms. The fourth-order valence-corrected chi connectivity index (χ4v) is 3.34. The van der Waals surface area contributed by atoms with Gasteiger partial charge in [0.2, 0.25) is 0 Å². The summed E-state index contributed by atoms with van der Waals surface area (Å²) in [7, 11) is 0. The predicted octanol–water partition coefficient (Wildman–Crippen LogP) is 4.32. The van der Waals surface area contributed by atoms with Crippen LogP contribution >= 0.6 is 12.4 Å². The van der Waals surface area contributed by atoms with Gasteiger partial charge in [0.15, 0.2) is 5.76 Å². The number of carbonyl (C=O) groups is 1. The summed E-state index contributed by atoms with van der Waals surface area (Å²) in [5.41, 5.74) is 0.753. The van der Waals surface area contributed by atoms with Crippen LogP contribution in [0.3, 0.4) is 0 Å². The van der Waals surface area contributed by atoms with E-state index in [1.807, 2.05) is 30.3 Å². The molecule has 1 aromatic carbocycles. The molecule has 1 saturated carbocycles. The summed E-state index contributed by atoms with van der Waals surface area (Å²) in [6.45, 7) is 1.69. The molecule has 0 bridgehead atoms. The van der Waals surface area contributed by atoms with Crippen LogP contribution in [-0.2, 0) is 6.61 Å². The van der Waals surface area contributed by atoms with Crippen molar-refractivity contribution in [1.29, 1.82) is 0 Å². The molecule has 1 aliphatic carbocycles. The van der Waals surface area contributed by atoms with Gasteiger partial charge in [0, 0.05) is 24.7 Å². The van der Waals surface area contributed by atoms with Gasteiger partial charge >= 0.3 is 0 Å². The second kappa shape index (κ2) is 11.7. The number of amides is 1. The van der Waals surface area contributed by atoms with Gasteiger partial charge in [-0.2, -0.15) is 0 Å². The summed E-state index contributed by atoms with van der Waals surface area (Å²) in [5, 5.41) is 6.48. The van der Waals surface area contributed by atoms with Gasteiger partial charge in [0.1, 0.15) is 12.4 Å². The molecule has 0 spiro atoms. The topological polar surface area (TPSA) is 63.5 Å². The molecule has 2 aromatic rings. The highest BCUT2D eigenvalue weighted by Gasteiger charge is 2.16. The van der Waals surface area contributed by atoms with E-state index in [1.165, 1.54) is 44.8 Å². The van der Waals surface area contributed by atoms with Gasteiger partial charge < -0.3 is 19.8 Å². The number of furan rings is 1. The maximum atomic E-state index is 12.4. The third kappa shape index (κ3) is 6.92. The average Bonchev–Trinajstić information content (AvgIpc) is 2.99. The van der Waals surface area contributed by atoms with Crippen LogP contribution in [0.15, 0.2) is 47.1 Å². The SMILES string of the molecule is Cl.O=C(NCCNC1CCCCCC1)c1occc1COc1ccccc1. The van der Waals surface area contributed by atoms with Crippen LogP contribution < -0.4 is 15.4 Å². The van der Waals surface area contributed by atoms with Crippen LogP contribution in [-0.4, -0.2) is 25.0 Å². The molecular formula is C21H29ClN2O3. The molecule has 1 amide bonds. The first-order valence-corrected chi connectivity index (χ1v) is 9.59. The molecular weight excluding hydrogens is 364 g/mol. The number of benzene rings is 1. The minimum atomic E-state index is -0.190. The van der Waals surface area contributed by atoms with Crippen molar-refractivity contribution in [2.45, 2.75) is 51.2 Å². The van der Waals surface area contributed by atoms with Crippen LogP contribution in [0.25, 0.3) is 0 Å². The second-order valence-electron chi connectivity index (χ2n) is 6.78. The summed E-state index contributed by atoms with van der Waals surface area (Å²) in [6, 6.07) is 11.9. The van der Waals surface area contributed by atoms with E-state index in [0.29, 0.717) is 25.0 Å². The zero-order valence-corrected chi connectivity index (χ0v) is 16.4. The molecule has 0 unspecified atom stereocenters. The highest BCUT2D eigenvalue weighted by Crippen LogP contribution is 2.17.